The van der Waals surface area contributed by atoms with Crippen molar-refractivity contribution in [2.45, 2.75) is 0 Å². The Hall–Kier alpha value is -4.31. The largest absolute Gasteiger partial charge is 0.508 e. The quantitative estimate of drug-likeness (QED) is 0.273. The van der Waals surface area contributed by atoms with E-state index in [2.05, 4.69) is 24.3 Å². The normalized spacial score (nSPS) is 11.4. The topological polar surface area (TPSA) is 60.7 Å². The molecule has 0 bridgehead atoms. The van der Waals surface area contributed by atoms with Gasteiger partial charge in [0.25, 0.3) is 0 Å². The number of aromatic hydroxyl groups is 3. The van der Waals surface area contributed by atoms with E-state index in [1.54, 1.807) is 6.07 Å². The van der Waals surface area contributed by atoms with E-state index in [0.717, 1.165) is 49.2 Å². The van der Waals surface area contributed by atoms with Gasteiger partial charge in [-0.15, -0.1) is 0 Å². The number of fused-ring (bicyclic) bond motifs is 3. The van der Waals surface area contributed by atoms with Crippen LogP contribution in [0.2, 0.25) is 0 Å². The van der Waals surface area contributed by atoms with E-state index in [-0.39, 0.29) is 17.2 Å². The molecule has 0 spiro atoms. The maximum Gasteiger partial charge on any atom is 0.145 e. The van der Waals surface area contributed by atoms with E-state index >= 15 is 0 Å². The zero-order chi connectivity index (χ0) is 25.1. The molecule has 0 heterocycles. The van der Waals surface area contributed by atoms with Gasteiger partial charge in [0.1, 0.15) is 40.8 Å². The Morgan fingerprint density at radius 3 is 1.53 bits per heavy atom. The van der Waals surface area contributed by atoms with Crippen molar-refractivity contribution in [2.75, 3.05) is 0 Å². The average molecular weight is 464 g/mol. The predicted molar refractivity (Wildman–Crippen MR) is 159 cm³/mol. The van der Waals surface area contributed by atoms with Crippen LogP contribution in [0.1, 0.15) is 0 Å². The predicted octanol–water partition coefficient (Wildman–Crippen LogP) is 2.37. The summed E-state index contributed by atoms with van der Waals surface area (Å²) in [5.41, 5.74) is 5.75. The standard InChI is InChI=1S/C30H23B3O3/c31-20-14-21(34)24-25(27(20)32)28(33)30(36)26(29(24)35)23-18-12-6-4-10-16(18)22(15-8-2-1-3-9-15)17-11-5-7-13-19(17)23/h1-14,34-36H,31-33H2. The lowest BCUT2D eigenvalue weighted by atomic mass is 9.72. The van der Waals surface area contributed by atoms with Gasteiger partial charge in [0.2, 0.25) is 0 Å². The molecule has 0 saturated heterocycles. The molecule has 0 radical (unpaired) electrons. The third kappa shape index (κ3) is 3.04. The van der Waals surface area contributed by atoms with Crippen LogP contribution < -0.4 is 16.4 Å². The van der Waals surface area contributed by atoms with Crippen molar-refractivity contribution >= 4 is 72.2 Å². The number of benzene rings is 6. The second-order valence-electron chi connectivity index (χ2n) is 9.49. The molecule has 6 aromatic carbocycles. The van der Waals surface area contributed by atoms with Crippen molar-refractivity contribution in [1.29, 1.82) is 0 Å². The maximum atomic E-state index is 11.7. The summed E-state index contributed by atoms with van der Waals surface area (Å²) in [6.07, 6.45) is 0. The Balaban J connectivity index is 1.86. The first-order chi connectivity index (χ1) is 17.4. The molecule has 6 aromatic rings. The molecule has 0 atom stereocenters. The minimum Gasteiger partial charge on any atom is -0.508 e. The Bertz CT molecular complexity index is 1790. The SMILES string of the molecule is Bc1cc(O)c2c(O)c(-c3c4ccccc4c(-c4ccccc4)c4ccccc34)c(O)c(B)c2c1B. The highest BCUT2D eigenvalue weighted by Crippen LogP contribution is 2.50. The van der Waals surface area contributed by atoms with Gasteiger partial charge < -0.3 is 15.3 Å². The molecule has 0 saturated carbocycles. The van der Waals surface area contributed by atoms with Crippen LogP contribution >= 0.6 is 0 Å². The summed E-state index contributed by atoms with van der Waals surface area (Å²) in [6, 6.07) is 28.1. The van der Waals surface area contributed by atoms with Gasteiger partial charge in [-0.25, -0.2) is 0 Å². The molecule has 0 aliphatic carbocycles. The van der Waals surface area contributed by atoms with Gasteiger partial charge in [0.05, 0.1) is 10.9 Å². The van der Waals surface area contributed by atoms with Gasteiger partial charge in [-0.2, -0.15) is 0 Å². The van der Waals surface area contributed by atoms with Crippen molar-refractivity contribution in [1.82, 2.24) is 0 Å². The van der Waals surface area contributed by atoms with Crippen LogP contribution in [0.25, 0.3) is 54.6 Å². The number of rotatable bonds is 2. The molecule has 3 N–H and O–H groups in total. The van der Waals surface area contributed by atoms with Gasteiger partial charge in [-0.05, 0) is 49.6 Å². The fraction of sp³-hybridized carbons (Fsp3) is 0. The first-order valence-corrected chi connectivity index (χ1v) is 12.1. The van der Waals surface area contributed by atoms with Crippen LogP contribution in [0.4, 0.5) is 0 Å². The minimum atomic E-state index is -0.114. The molecule has 0 amide bonds. The molecular formula is C30H23B3O3. The van der Waals surface area contributed by atoms with Crippen LogP contribution in [-0.4, -0.2) is 38.9 Å². The number of phenolic OH excluding ortho intramolecular Hbond substituents is 3. The fourth-order valence-corrected chi connectivity index (χ4v) is 5.70. The van der Waals surface area contributed by atoms with Crippen LogP contribution in [0.5, 0.6) is 17.2 Å². The molecule has 6 rings (SSSR count). The molecule has 0 fully saturated rings. The molecular weight excluding hydrogens is 441 g/mol. The van der Waals surface area contributed by atoms with Crippen molar-refractivity contribution in [3.05, 3.63) is 84.9 Å². The second kappa shape index (κ2) is 8.13. The molecule has 3 nitrogen and oxygen atoms in total. The first kappa shape index (κ1) is 22.2. The van der Waals surface area contributed by atoms with Crippen molar-refractivity contribution < 1.29 is 15.3 Å². The van der Waals surface area contributed by atoms with E-state index < -0.39 is 0 Å². The van der Waals surface area contributed by atoms with E-state index in [0.29, 0.717) is 21.8 Å². The summed E-state index contributed by atoms with van der Waals surface area (Å²) in [6.45, 7) is 0. The van der Waals surface area contributed by atoms with Gasteiger partial charge in [-0.1, -0.05) is 89.8 Å². The van der Waals surface area contributed by atoms with Gasteiger partial charge in [0.15, 0.2) is 0 Å². The number of phenols is 3. The lowest BCUT2D eigenvalue weighted by Gasteiger charge is -2.22. The molecule has 0 aromatic heterocycles. The van der Waals surface area contributed by atoms with Crippen molar-refractivity contribution in [3.63, 3.8) is 0 Å². The van der Waals surface area contributed by atoms with Crippen molar-refractivity contribution in [2.24, 2.45) is 0 Å². The van der Waals surface area contributed by atoms with E-state index in [9.17, 15) is 15.3 Å². The molecule has 36 heavy (non-hydrogen) atoms. The molecule has 0 aliphatic rings. The molecule has 170 valence electrons. The van der Waals surface area contributed by atoms with Crippen LogP contribution in [0.15, 0.2) is 84.9 Å². The van der Waals surface area contributed by atoms with E-state index in [1.165, 1.54) is 0 Å². The Labute approximate surface area is 211 Å². The summed E-state index contributed by atoms with van der Waals surface area (Å²) in [7, 11) is 5.70. The lowest BCUT2D eigenvalue weighted by Crippen LogP contribution is -2.30. The third-order valence-corrected chi connectivity index (χ3v) is 7.51. The van der Waals surface area contributed by atoms with Gasteiger partial charge in [0, 0.05) is 5.56 Å². The second-order valence-corrected chi connectivity index (χ2v) is 9.49. The van der Waals surface area contributed by atoms with Crippen LogP contribution in [-0.2, 0) is 0 Å². The molecule has 6 heteroatoms. The summed E-state index contributed by atoms with van der Waals surface area (Å²) < 4.78 is 0. The maximum absolute atomic E-state index is 11.7. The van der Waals surface area contributed by atoms with Gasteiger partial charge >= 0.3 is 0 Å². The zero-order valence-corrected chi connectivity index (χ0v) is 20.4. The summed E-state index contributed by atoms with van der Waals surface area (Å²) in [5.74, 6) is -0.0863. The Morgan fingerprint density at radius 2 is 0.972 bits per heavy atom. The highest BCUT2D eigenvalue weighted by atomic mass is 16.3. The Kier molecular flexibility index (Phi) is 5.01. The fourth-order valence-electron chi connectivity index (χ4n) is 5.70. The third-order valence-electron chi connectivity index (χ3n) is 7.51. The monoisotopic (exact) mass is 464 g/mol. The lowest BCUT2D eigenvalue weighted by molar-refractivity contribution is 0.454. The van der Waals surface area contributed by atoms with Crippen LogP contribution in [0, 0.1) is 0 Å². The Morgan fingerprint density at radius 1 is 0.472 bits per heavy atom. The smallest absolute Gasteiger partial charge is 0.145 e. The summed E-state index contributed by atoms with van der Waals surface area (Å²) in [5, 5.41) is 39.1. The highest BCUT2D eigenvalue weighted by molar-refractivity contribution is 6.57. The summed E-state index contributed by atoms with van der Waals surface area (Å²) in [4.78, 5) is 0. The number of hydrogen-bond acceptors (Lipinski definition) is 3. The zero-order valence-electron chi connectivity index (χ0n) is 20.4. The minimum absolute atomic E-state index is 0.00414. The molecule has 0 aliphatic heterocycles. The van der Waals surface area contributed by atoms with Crippen molar-refractivity contribution in [3.8, 4) is 39.5 Å². The van der Waals surface area contributed by atoms with E-state index in [4.69, 9.17) is 0 Å². The van der Waals surface area contributed by atoms with E-state index in [1.807, 2.05) is 78.1 Å². The van der Waals surface area contributed by atoms with Crippen LogP contribution in [0.3, 0.4) is 0 Å². The first-order valence-electron chi connectivity index (χ1n) is 12.1. The average Bonchev–Trinajstić information content (AvgIpc) is 2.89. The molecule has 0 unspecified atom stereocenters. The number of hydrogen-bond donors (Lipinski definition) is 3. The summed E-state index contributed by atoms with van der Waals surface area (Å²) >= 11 is 0. The highest BCUT2D eigenvalue weighted by Gasteiger charge is 2.25. The van der Waals surface area contributed by atoms with Gasteiger partial charge in [-0.3, -0.25) is 0 Å².